The number of aliphatic hydroxyl groups is 1. The normalized spacial score (nSPS) is 14.6. The number of hydrogen-bond acceptors (Lipinski definition) is 10. The fourth-order valence-electron chi connectivity index (χ4n) is 1.75. The molecule has 0 amide bonds. The highest BCUT2D eigenvalue weighted by molar-refractivity contribution is 8.93. The molecule has 0 unspecified atom stereocenters. The molecule has 0 aromatic carbocycles. The fraction of sp³-hybridized carbons (Fsp3) is 0.643. The highest BCUT2D eigenvalue weighted by Gasteiger charge is 2.41. The van der Waals surface area contributed by atoms with Gasteiger partial charge in [0.1, 0.15) is 12.7 Å². The Balaban J connectivity index is 0. The Bertz CT molecular complexity index is 492. The van der Waals surface area contributed by atoms with Crippen LogP contribution in [0.2, 0.25) is 0 Å². The van der Waals surface area contributed by atoms with E-state index in [0.717, 1.165) is 27.7 Å². The highest BCUT2D eigenvalue weighted by Crippen LogP contribution is 2.17. The minimum Gasteiger partial charge on any atom is -0.462 e. The van der Waals surface area contributed by atoms with Crippen LogP contribution in [-0.4, -0.2) is 66.3 Å². The van der Waals surface area contributed by atoms with Crippen LogP contribution < -0.4 is 0 Å². The Morgan fingerprint density at radius 2 is 1.28 bits per heavy atom. The lowest BCUT2D eigenvalue weighted by Gasteiger charge is -2.32. The summed E-state index contributed by atoms with van der Waals surface area (Å²) < 4.78 is 19.4. The van der Waals surface area contributed by atoms with Gasteiger partial charge in [-0.1, -0.05) is 0 Å². The maximum Gasteiger partial charge on any atom is 0.303 e. The van der Waals surface area contributed by atoms with E-state index >= 15 is 0 Å². The third-order valence-corrected chi connectivity index (χ3v) is 2.54. The Morgan fingerprint density at radius 3 is 1.64 bits per heavy atom. The van der Waals surface area contributed by atoms with E-state index < -0.39 is 54.9 Å². The molecule has 0 aromatic heterocycles. The van der Waals surface area contributed by atoms with Crippen LogP contribution in [0, 0.1) is 0 Å². The monoisotopic (exact) mass is 428 g/mol. The van der Waals surface area contributed by atoms with Crippen molar-refractivity contribution in [1.82, 2.24) is 0 Å². The van der Waals surface area contributed by atoms with E-state index in [0.29, 0.717) is 0 Å². The number of carbonyl (C=O) groups excluding carboxylic acids is 5. The lowest BCUT2D eigenvalue weighted by molar-refractivity contribution is -0.197. The number of halogens is 1. The van der Waals surface area contributed by atoms with E-state index in [-0.39, 0.29) is 23.3 Å². The van der Waals surface area contributed by atoms with Gasteiger partial charge in [0.25, 0.3) is 0 Å². The van der Waals surface area contributed by atoms with Gasteiger partial charge < -0.3 is 28.8 Å². The minimum absolute atomic E-state index is 0. The van der Waals surface area contributed by atoms with Gasteiger partial charge in [-0.3, -0.25) is 19.2 Å². The molecule has 0 fully saturated rings. The van der Waals surface area contributed by atoms with Gasteiger partial charge in [-0.25, -0.2) is 0 Å². The highest BCUT2D eigenvalue weighted by atomic mass is 79.9. The molecule has 11 heteroatoms. The summed E-state index contributed by atoms with van der Waals surface area (Å²) in [7, 11) is 0. The van der Waals surface area contributed by atoms with E-state index in [1.54, 1.807) is 0 Å². The van der Waals surface area contributed by atoms with Gasteiger partial charge >= 0.3 is 23.9 Å². The minimum atomic E-state index is -1.87. The van der Waals surface area contributed by atoms with Gasteiger partial charge in [-0.05, 0) is 0 Å². The molecular formula is C14H21BrO10. The van der Waals surface area contributed by atoms with Crippen LogP contribution in [0.5, 0.6) is 0 Å². The molecule has 0 aliphatic carbocycles. The second-order valence-electron chi connectivity index (χ2n) is 4.73. The summed E-state index contributed by atoms with van der Waals surface area (Å²) >= 11 is 0. The molecule has 0 aliphatic rings. The second kappa shape index (κ2) is 12.4. The molecule has 1 N–H and O–H groups in total. The summed E-state index contributed by atoms with van der Waals surface area (Å²) in [5.74, 6) is -3.28. The molecule has 0 aliphatic heterocycles. The smallest absolute Gasteiger partial charge is 0.303 e. The zero-order chi connectivity index (χ0) is 18.9. The Hall–Kier alpha value is -2.01. The second-order valence-corrected chi connectivity index (χ2v) is 4.73. The van der Waals surface area contributed by atoms with E-state index in [1.807, 2.05) is 0 Å². The predicted molar refractivity (Wildman–Crippen MR) is 85.7 cm³/mol. The average molecular weight is 429 g/mol. The van der Waals surface area contributed by atoms with Crippen molar-refractivity contribution >= 4 is 47.1 Å². The molecule has 0 saturated carbocycles. The molecule has 0 saturated heterocycles. The van der Waals surface area contributed by atoms with Crippen molar-refractivity contribution < 1.29 is 48.0 Å². The maximum absolute atomic E-state index is 11.3. The number of rotatable bonds is 9. The Kier molecular flexibility index (Phi) is 12.5. The predicted octanol–water partition coefficient (Wildman–Crippen LogP) is -0.518. The zero-order valence-corrected chi connectivity index (χ0v) is 15.8. The van der Waals surface area contributed by atoms with Crippen LogP contribution in [0.3, 0.4) is 0 Å². The summed E-state index contributed by atoms with van der Waals surface area (Å²) in [6.07, 6.45) is -6.46. The lowest BCUT2D eigenvalue weighted by Crippen LogP contribution is -2.52. The summed E-state index contributed by atoms with van der Waals surface area (Å²) in [6.45, 7) is 3.61. The Morgan fingerprint density at radius 1 is 0.840 bits per heavy atom. The van der Waals surface area contributed by atoms with E-state index in [9.17, 15) is 29.1 Å². The first-order valence-electron chi connectivity index (χ1n) is 6.86. The third-order valence-electron chi connectivity index (χ3n) is 2.54. The first-order chi connectivity index (χ1) is 11.1. The van der Waals surface area contributed by atoms with E-state index in [1.165, 1.54) is 0 Å². The van der Waals surface area contributed by atoms with E-state index in [4.69, 9.17) is 18.9 Å². The Labute approximate surface area is 154 Å². The summed E-state index contributed by atoms with van der Waals surface area (Å²) in [4.78, 5) is 55.5. The number of carbonyl (C=O) groups is 5. The van der Waals surface area contributed by atoms with Gasteiger partial charge in [-0.2, -0.15) is 0 Å². The van der Waals surface area contributed by atoms with E-state index in [2.05, 4.69) is 0 Å². The summed E-state index contributed by atoms with van der Waals surface area (Å²) in [5, 5.41) is 9.73. The van der Waals surface area contributed by atoms with Crippen molar-refractivity contribution in [2.75, 3.05) is 6.61 Å². The first kappa shape index (κ1) is 25.2. The third kappa shape index (κ3) is 10.5. The van der Waals surface area contributed by atoms with Crippen LogP contribution in [0.25, 0.3) is 0 Å². The molecule has 0 spiro atoms. The molecule has 0 heterocycles. The number of ether oxygens (including phenoxy) is 4. The SMILES string of the molecule is Br.CC(=O)OC[C@@H](OC(C)=O)[C@@H](OC(C)=O)[C@H](OC(C)=O)[C@@H](O)C=O. The number of hydrogen-bond donors (Lipinski definition) is 1. The van der Waals surface area contributed by atoms with Gasteiger partial charge in [0.15, 0.2) is 24.6 Å². The van der Waals surface area contributed by atoms with Crippen molar-refractivity contribution in [3.63, 3.8) is 0 Å². The number of esters is 4. The van der Waals surface area contributed by atoms with Crippen LogP contribution in [-0.2, 0) is 42.9 Å². The van der Waals surface area contributed by atoms with Crippen molar-refractivity contribution in [1.29, 1.82) is 0 Å². The topological polar surface area (TPSA) is 143 Å². The molecule has 10 nitrogen and oxygen atoms in total. The van der Waals surface area contributed by atoms with Crippen molar-refractivity contribution in [2.45, 2.75) is 52.1 Å². The van der Waals surface area contributed by atoms with Gasteiger partial charge in [0.2, 0.25) is 0 Å². The molecule has 144 valence electrons. The quantitative estimate of drug-likeness (QED) is 0.289. The lowest BCUT2D eigenvalue weighted by atomic mass is 10.0. The molecule has 0 bridgehead atoms. The number of aliphatic hydroxyl groups excluding tert-OH is 1. The van der Waals surface area contributed by atoms with Crippen LogP contribution >= 0.6 is 17.0 Å². The van der Waals surface area contributed by atoms with Crippen LogP contribution in [0.4, 0.5) is 0 Å². The molecule has 4 atom stereocenters. The van der Waals surface area contributed by atoms with Gasteiger partial charge in [0, 0.05) is 27.7 Å². The van der Waals surface area contributed by atoms with Crippen LogP contribution in [0.15, 0.2) is 0 Å². The zero-order valence-electron chi connectivity index (χ0n) is 14.1. The molecule has 0 rings (SSSR count). The average Bonchev–Trinajstić information content (AvgIpc) is 2.45. The van der Waals surface area contributed by atoms with Gasteiger partial charge in [0.05, 0.1) is 0 Å². The van der Waals surface area contributed by atoms with Gasteiger partial charge in [-0.15, -0.1) is 17.0 Å². The summed E-state index contributed by atoms with van der Waals surface area (Å²) in [6, 6.07) is 0. The van der Waals surface area contributed by atoms with Crippen molar-refractivity contribution in [3.05, 3.63) is 0 Å². The molecule has 0 aromatic rings. The molecule has 25 heavy (non-hydrogen) atoms. The standard InChI is InChI=1S/C14H20O10.BrH/c1-7(16)21-6-12(22-8(2)17)14(24-10(4)19)13(11(20)5-15)23-9(3)18;/h5,11-14,20H,6H2,1-4H3;1H/t11-,12+,13+,14+;/m0./s1. The fourth-order valence-corrected chi connectivity index (χ4v) is 1.75. The largest absolute Gasteiger partial charge is 0.462 e. The summed E-state index contributed by atoms with van der Waals surface area (Å²) in [5.41, 5.74) is 0. The first-order valence-corrected chi connectivity index (χ1v) is 6.86. The van der Waals surface area contributed by atoms with Crippen molar-refractivity contribution in [2.24, 2.45) is 0 Å². The molecular weight excluding hydrogens is 408 g/mol. The van der Waals surface area contributed by atoms with Crippen LogP contribution in [0.1, 0.15) is 27.7 Å². The number of aldehydes is 1. The maximum atomic E-state index is 11.3. The van der Waals surface area contributed by atoms with Crippen molar-refractivity contribution in [3.8, 4) is 0 Å². The molecule has 0 radical (unpaired) electrons.